The van der Waals surface area contributed by atoms with Crippen molar-refractivity contribution in [3.8, 4) is 17.2 Å². The molecule has 0 fully saturated rings. The van der Waals surface area contributed by atoms with E-state index in [1.54, 1.807) is 19.9 Å². The number of aromatic hydroxyl groups is 2. The maximum absolute atomic E-state index is 13.5. The van der Waals surface area contributed by atoms with E-state index in [2.05, 4.69) is 0 Å². The zero-order chi connectivity index (χ0) is 22.0. The molecule has 1 aliphatic heterocycles. The van der Waals surface area contributed by atoms with E-state index in [-0.39, 0.29) is 39.9 Å². The van der Waals surface area contributed by atoms with E-state index in [1.807, 2.05) is 26.8 Å². The first-order chi connectivity index (χ1) is 14.0. The van der Waals surface area contributed by atoms with Gasteiger partial charge in [-0.3, -0.25) is 4.79 Å². The number of aliphatic hydroxyl groups excluding tert-OH is 1. The highest BCUT2D eigenvalue weighted by molar-refractivity contribution is 5.98. The molecule has 2 aromatic carbocycles. The maximum atomic E-state index is 13.5. The van der Waals surface area contributed by atoms with Crippen LogP contribution >= 0.6 is 0 Å². The lowest BCUT2D eigenvalue weighted by atomic mass is 9.88. The molecule has 1 aromatic heterocycles. The smallest absolute Gasteiger partial charge is 0.204 e. The lowest BCUT2D eigenvalue weighted by molar-refractivity contribution is -0.0408. The van der Waals surface area contributed by atoms with Crippen LogP contribution in [-0.2, 0) is 12.8 Å². The van der Waals surface area contributed by atoms with Crippen molar-refractivity contribution in [1.82, 2.24) is 0 Å². The van der Waals surface area contributed by atoms with E-state index in [9.17, 15) is 20.1 Å². The molecule has 4 rings (SSSR count). The van der Waals surface area contributed by atoms with E-state index in [1.165, 1.54) is 6.07 Å². The van der Waals surface area contributed by atoms with Crippen LogP contribution in [0.1, 0.15) is 44.4 Å². The molecule has 30 heavy (non-hydrogen) atoms. The quantitative estimate of drug-likeness (QED) is 0.431. The van der Waals surface area contributed by atoms with Crippen molar-refractivity contribution in [1.29, 1.82) is 0 Å². The van der Waals surface area contributed by atoms with Crippen LogP contribution in [0.15, 0.2) is 33.0 Å². The number of hydrogen-bond acceptors (Lipinski definition) is 6. The molecule has 0 saturated heterocycles. The lowest BCUT2D eigenvalue weighted by Gasteiger charge is -2.37. The van der Waals surface area contributed by atoms with E-state index >= 15 is 0 Å². The zero-order valence-electron chi connectivity index (χ0n) is 17.8. The molecule has 6 nitrogen and oxygen atoms in total. The fourth-order valence-corrected chi connectivity index (χ4v) is 4.00. The Morgan fingerprint density at radius 3 is 2.60 bits per heavy atom. The first-order valence-electron chi connectivity index (χ1n) is 9.98. The van der Waals surface area contributed by atoms with Gasteiger partial charge in [-0.1, -0.05) is 11.6 Å². The van der Waals surface area contributed by atoms with E-state index in [0.717, 1.165) is 11.1 Å². The summed E-state index contributed by atoms with van der Waals surface area (Å²) in [6, 6.07) is 3.12. The molecular formula is C24H26O6. The highest BCUT2D eigenvalue weighted by atomic mass is 16.5. The number of allylic oxidation sites excluding steroid dienone is 2. The van der Waals surface area contributed by atoms with Gasteiger partial charge in [-0.05, 0) is 52.7 Å². The third kappa shape index (κ3) is 3.03. The van der Waals surface area contributed by atoms with Crippen molar-refractivity contribution < 1.29 is 24.5 Å². The SMILES string of the molecule is CC(C)=CCc1c(C)cc2oc3c(O)cc4c(c3c(=O)c2c1O)C[C@@H](O)C(C)(C)O4. The number of benzene rings is 2. The molecule has 0 unspecified atom stereocenters. The Hall–Kier alpha value is -2.99. The predicted octanol–water partition coefficient (Wildman–Crippen LogP) is 4.25. The first-order valence-corrected chi connectivity index (χ1v) is 9.98. The largest absolute Gasteiger partial charge is 0.507 e. The monoisotopic (exact) mass is 410 g/mol. The topological polar surface area (TPSA) is 100 Å². The third-order valence-corrected chi connectivity index (χ3v) is 5.87. The van der Waals surface area contributed by atoms with Crippen LogP contribution < -0.4 is 10.2 Å². The van der Waals surface area contributed by atoms with Crippen LogP contribution in [-0.4, -0.2) is 27.0 Å². The standard InChI is InChI=1S/C24H26O6/c1-11(2)6-7-13-12(3)8-17-20(21(13)27)22(28)19-14-9-18(26)24(4,5)30-16(14)10-15(25)23(19)29-17/h6,8,10,18,25-27H,7,9H2,1-5H3/t18-/m1/s1. The first kappa shape index (κ1) is 20.3. The Bertz CT molecular complexity index is 1280. The van der Waals surface area contributed by atoms with E-state index < -0.39 is 17.1 Å². The van der Waals surface area contributed by atoms with Crippen molar-refractivity contribution >= 4 is 21.9 Å². The summed E-state index contributed by atoms with van der Waals surface area (Å²) in [5.74, 6) is -0.00753. The van der Waals surface area contributed by atoms with Crippen LogP contribution in [0.3, 0.4) is 0 Å². The Morgan fingerprint density at radius 2 is 1.93 bits per heavy atom. The van der Waals surface area contributed by atoms with Crippen molar-refractivity contribution in [2.24, 2.45) is 0 Å². The van der Waals surface area contributed by atoms with Gasteiger partial charge in [0, 0.05) is 23.6 Å². The van der Waals surface area contributed by atoms with Gasteiger partial charge in [-0.2, -0.15) is 0 Å². The molecule has 3 aromatic rings. The number of fused-ring (bicyclic) bond motifs is 4. The fourth-order valence-electron chi connectivity index (χ4n) is 4.00. The molecule has 1 atom stereocenters. The summed E-state index contributed by atoms with van der Waals surface area (Å²) in [6.07, 6.45) is 1.80. The molecule has 0 radical (unpaired) electrons. The molecular weight excluding hydrogens is 384 g/mol. The molecule has 6 heteroatoms. The number of hydrogen-bond donors (Lipinski definition) is 3. The molecule has 158 valence electrons. The van der Waals surface area contributed by atoms with Crippen LogP contribution in [0, 0.1) is 6.92 Å². The Kier molecular flexibility index (Phi) is 4.58. The van der Waals surface area contributed by atoms with E-state index in [4.69, 9.17) is 9.15 Å². The Labute approximate surface area is 174 Å². The number of aryl methyl sites for hydroxylation is 1. The predicted molar refractivity (Wildman–Crippen MR) is 116 cm³/mol. The van der Waals surface area contributed by atoms with Gasteiger partial charge in [0.25, 0.3) is 0 Å². The molecule has 0 bridgehead atoms. The van der Waals surface area contributed by atoms with Crippen LogP contribution in [0.4, 0.5) is 0 Å². The molecule has 2 heterocycles. The number of rotatable bonds is 2. The maximum Gasteiger partial charge on any atom is 0.204 e. The minimum absolute atomic E-state index is 0.0256. The average molecular weight is 410 g/mol. The number of phenols is 2. The number of aliphatic hydroxyl groups is 1. The van der Waals surface area contributed by atoms with Gasteiger partial charge in [0.05, 0.1) is 11.5 Å². The molecule has 0 amide bonds. The van der Waals surface area contributed by atoms with Gasteiger partial charge in [-0.15, -0.1) is 0 Å². The summed E-state index contributed by atoms with van der Waals surface area (Å²) in [5, 5.41) is 32.2. The molecule has 1 aliphatic rings. The minimum Gasteiger partial charge on any atom is -0.507 e. The fraction of sp³-hybridized carbons (Fsp3) is 0.375. The lowest BCUT2D eigenvalue weighted by Crippen LogP contribution is -2.46. The van der Waals surface area contributed by atoms with Gasteiger partial charge in [0.2, 0.25) is 5.43 Å². The summed E-state index contributed by atoms with van der Waals surface area (Å²) < 4.78 is 11.8. The van der Waals surface area contributed by atoms with Gasteiger partial charge < -0.3 is 24.5 Å². The Morgan fingerprint density at radius 1 is 1.23 bits per heavy atom. The normalized spacial score (nSPS) is 17.6. The Balaban J connectivity index is 2.09. The summed E-state index contributed by atoms with van der Waals surface area (Å²) in [4.78, 5) is 13.5. The molecule has 0 spiro atoms. The van der Waals surface area contributed by atoms with Gasteiger partial charge >= 0.3 is 0 Å². The van der Waals surface area contributed by atoms with Crippen molar-refractivity contribution in [2.45, 2.75) is 59.2 Å². The third-order valence-electron chi connectivity index (χ3n) is 5.87. The molecule has 3 N–H and O–H groups in total. The van der Waals surface area contributed by atoms with Crippen LogP contribution in [0.25, 0.3) is 21.9 Å². The van der Waals surface area contributed by atoms with Crippen molar-refractivity contribution in [3.63, 3.8) is 0 Å². The van der Waals surface area contributed by atoms with Crippen molar-refractivity contribution in [3.05, 3.63) is 50.7 Å². The summed E-state index contributed by atoms with van der Waals surface area (Å²) in [6.45, 7) is 9.27. The van der Waals surface area contributed by atoms with Crippen molar-refractivity contribution in [2.75, 3.05) is 0 Å². The van der Waals surface area contributed by atoms with Crippen LogP contribution in [0.5, 0.6) is 17.2 Å². The minimum atomic E-state index is -0.860. The highest BCUT2D eigenvalue weighted by Gasteiger charge is 2.38. The highest BCUT2D eigenvalue weighted by Crippen LogP contribution is 2.42. The zero-order valence-corrected chi connectivity index (χ0v) is 17.8. The average Bonchev–Trinajstić information content (AvgIpc) is 2.62. The second kappa shape index (κ2) is 6.77. The second-order valence-corrected chi connectivity index (χ2v) is 8.81. The number of phenolic OH excluding ortho intramolecular Hbond substituents is 2. The van der Waals surface area contributed by atoms with Gasteiger partial charge in [-0.25, -0.2) is 0 Å². The summed E-state index contributed by atoms with van der Waals surface area (Å²) in [5.41, 5.74) is 1.93. The summed E-state index contributed by atoms with van der Waals surface area (Å²) >= 11 is 0. The second-order valence-electron chi connectivity index (χ2n) is 8.81. The van der Waals surface area contributed by atoms with E-state index in [0.29, 0.717) is 23.3 Å². The number of ether oxygens (including phenoxy) is 1. The molecule has 0 aliphatic carbocycles. The van der Waals surface area contributed by atoms with Gasteiger partial charge in [0.15, 0.2) is 11.3 Å². The molecule has 0 saturated carbocycles. The van der Waals surface area contributed by atoms with Gasteiger partial charge in [0.1, 0.15) is 28.1 Å². The summed E-state index contributed by atoms with van der Waals surface area (Å²) in [7, 11) is 0. The van der Waals surface area contributed by atoms with Crippen LogP contribution in [0.2, 0.25) is 0 Å².